The van der Waals surface area contributed by atoms with Crippen LogP contribution in [0.2, 0.25) is 5.15 Å². The zero-order chi connectivity index (χ0) is 17.0. The predicted molar refractivity (Wildman–Crippen MR) is 76.7 cm³/mol. The Morgan fingerprint density at radius 1 is 1.22 bits per heavy atom. The standard InChI is InChI=1S/C15H11ClF4N2O/c16-13-12(7-10(8-22-13)15(18,19)20)14(23)21-6-5-9-1-3-11(17)4-2-9/h1-4,7-8H,5-6H2,(H,21,23). The quantitative estimate of drug-likeness (QED) is 0.674. The molecule has 0 saturated heterocycles. The zero-order valence-electron chi connectivity index (χ0n) is 11.6. The van der Waals surface area contributed by atoms with Gasteiger partial charge in [-0.3, -0.25) is 4.79 Å². The Kier molecular flexibility index (Phi) is 5.20. The van der Waals surface area contributed by atoms with Gasteiger partial charge in [-0.15, -0.1) is 0 Å². The average Bonchev–Trinajstić information content (AvgIpc) is 2.48. The number of amides is 1. The molecule has 0 unspecified atom stereocenters. The van der Waals surface area contributed by atoms with Gasteiger partial charge in [-0.2, -0.15) is 13.2 Å². The molecule has 1 heterocycles. The highest BCUT2D eigenvalue weighted by molar-refractivity contribution is 6.32. The summed E-state index contributed by atoms with van der Waals surface area (Å²) in [6.07, 6.45) is -3.64. The molecule has 3 nitrogen and oxygen atoms in total. The van der Waals surface area contributed by atoms with Gasteiger partial charge in [0.1, 0.15) is 11.0 Å². The first-order valence-electron chi connectivity index (χ1n) is 6.53. The molecule has 0 fully saturated rings. The van der Waals surface area contributed by atoms with Gasteiger partial charge < -0.3 is 5.32 Å². The van der Waals surface area contributed by atoms with Crippen LogP contribution in [0, 0.1) is 5.82 Å². The molecule has 0 bridgehead atoms. The highest BCUT2D eigenvalue weighted by Gasteiger charge is 2.32. The maximum Gasteiger partial charge on any atom is 0.417 e. The molecule has 1 aromatic heterocycles. The van der Waals surface area contributed by atoms with Crippen LogP contribution in [0.15, 0.2) is 36.5 Å². The highest BCUT2D eigenvalue weighted by Crippen LogP contribution is 2.30. The monoisotopic (exact) mass is 346 g/mol. The van der Waals surface area contributed by atoms with Crippen molar-refractivity contribution in [3.8, 4) is 0 Å². The van der Waals surface area contributed by atoms with Gasteiger partial charge in [-0.25, -0.2) is 9.37 Å². The van der Waals surface area contributed by atoms with Gasteiger partial charge in [0.25, 0.3) is 5.91 Å². The zero-order valence-corrected chi connectivity index (χ0v) is 12.4. The number of carbonyl (C=O) groups is 1. The Morgan fingerprint density at radius 3 is 2.48 bits per heavy atom. The van der Waals surface area contributed by atoms with Crippen LogP contribution in [-0.4, -0.2) is 17.4 Å². The molecular formula is C15H11ClF4N2O. The van der Waals surface area contributed by atoms with Crippen LogP contribution in [0.3, 0.4) is 0 Å². The van der Waals surface area contributed by atoms with Crippen LogP contribution in [-0.2, 0) is 12.6 Å². The Morgan fingerprint density at radius 2 is 1.87 bits per heavy atom. The second-order valence-corrected chi connectivity index (χ2v) is 5.05. The summed E-state index contributed by atoms with van der Waals surface area (Å²) in [5.74, 6) is -1.13. The molecule has 1 amide bonds. The molecule has 2 aromatic rings. The van der Waals surface area contributed by atoms with Crippen LogP contribution in [0.4, 0.5) is 17.6 Å². The van der Waals surface area contributed by atoms with E-state index in [4.69, 9.17) is 11.6 Å². The van der Waals surface area contributed by atoms with E-state index in [9.17, 15) is 22.4 Å². The smallest absolute Gasteiger partial charge is 0.352 e. The molecular weight excluding hydrogens is 336 g/mol. The number of halogens is 5. The molecule has 2 rings (SSSR count). The molecule has 0 aliphatic heterocycles. The van der Waals surface area contributed by atoms with Gasteiger partial charge in [-0.05, 0) is 30.2 Å². The van der Waals surface area contributed by atoms with Crippen LogP contribution in [0.1, 0.15) is 21.5 Å². The molecule has 0 spiro atoms. The molecule has 8 heteroatoms. The third kappa shape index (κ3) is 4.66. The van der Waals surface area contributed by atoms with Crippen LogP contribution in [0.25, 0.3) is 0 Å². The first-order valence-corrected chi connectivity index (χ1v) is 6.90. The molecule has 1 N–H and O–H groups in total. The third-order valence-corrected chi connectivity index (χ3v) is 3.32. The molecule has 0 aliphatic rings. The van der Waals surface area contributed by atoms with Crippen molar-refractivity contribution >= 4 is 17.5 Å². The fourth-order valence-electron chi connectivity index (χ4n) is 1.83. The number of benzene rings is 1. The molecule has 0 aliphatic carbocycles. The van der Waals surface area contributed by atoms with Crippen molar-refractivity contribution in [1.82, 2.24) is 10.3 Å². The lowest BCUT2D eigenvalue weighted by Crippen LogP contribution is -2.26. The highest BCUT2D eigenvalue weighted by atomic mass is 35.5. The van der Waals surface area contributed by atoms with Crippen molar-refractivity contribution in [2.24, 2.45) is 0 Å². The van der Waals surface area contributed by atoms with Crippen molar-refractivity contribution in [1.29, 1.82) is 0 Å². The van der Waals surface area contributed by atoms with Crippen molar-refractivity contribution < 1.29 is 22.4 Å². The molecule has 0 radical (unpaired) electrons. The van der Waals surface area contributed by atoms with E-state index in [0.717, 1.165) is 5.56 Å². The lowest BCUT2D eigenvalue weighted by molar-refractivity contribution is -0.137. The Labute approximate surface area is 134 Å². The first-order chi connectivity index (χ1) is 10.8. The van der Waals surface area contributed by atoms with Crippen molar-refractivity contribution in [2.45, 2.75) is 12.6 Å². The van der Waals surface area contributed by atoms with Gasteiger partial charge in [0.05, 0.1) is 11.1 Å². The van der Waals surface area contributed by atoms with Crippen LogP contribution < -0.4 is 5.32 Å². The second kappa shape index (κ2) is 6.95. The van der Waals surface area contributed by atoms with E-state index < -0.39 is 17.6 Å². The summed E-state index contributed by atoms with van der Waals surface area (Å²) in [6, 6.07) is 6.33. The lowest BCUT2D eigenvalue weighted by atomic mass is 10.1. The third-order valence-electron chi connectivity index (χ3n) is 3.02. The molecule has 23 heavy (non-hydrogen) atoms. The topological polar surface area (TPSA) is 42.0 Å². The Bertz CT molecular complexity index is 702. The molecule has 122 valence electrons. The van der Waals surface area contributed by atoms with E-state index in [2.05, 4.69) is 10.3 Å². The fourth-order valence-corrected chi connectivity index (χ4v) is 2.02. The maximum absolute atomic E-state index is 12.8. The van der Waals surface area contributed by atoms with E-state index in [0.29, 0.717) is 18.7 Å². The Balaban J connectivity index is 2.01. The first kappa shape index (κ1) is 17.2. The van der Waals surface area contributed by atoms with E-state index in [-0.39, 0.29) is 23.1 Å². The van der Waals surface area contributed by atoms with Gasteiger partial charge in [-0.1, -0.05) is 23.7 Å². The van der Waals surface area contributed by atoms with Crippen LogP contribution >= 0.6 is 11.6 Å². The predicted octanol–water partition coefficient (Wildman–Crippen LogP) is 3.87. The minimum Gasteiger partial charge on any atom is -0.352 e. The normalized spacial score (nSPS) is 11.3. The van der Waals surface area contributed by atoms with Gasteiger partial charge >= 0.3 is 6.18 Å². The second-order valence-electron chi connectivity index (χ2n) is 4.69. The largest absolute Gasteiger partial charge is 0.417 e. The van der Waals surface area contributed by atoms with E-state index in [1.165, 1.54) is 12.1 Å². The number of pyridine rings is 1. The minimum absolute atomic E-state index is 0.164. The van der Waals surface area contributed by atoms with Crippen LogP contribution in [0.5, 0.6) is 0 Å². The molecule has 0 saturated carbocycles. The van der Waals surface area contributed by atoms with Crippen molar-refractivity contribution in [3.05, 3.63) is 64.2 Å². The number of carbonyl (C=O) groups excluding carboxylic acids is 1. The molecule has 1 aromatic carbocycles. The average molecular weight is 347 g/mol. The van der Waals surface area contributed by atoms with Crippen molar-refractivity contribution in [2.75, 3.05) is 6.54 Å². The number of hydrogen-bond donors (Lipinski definition) is 1. The molecule has 0 atom stereocenters. The number of rotatable bonds is 4. The van der Waals surface area contributed by atoms with E-state index in [1.54, 1.807) is 12.1 Å². The van der Waals surface area contributed by atoms with Crippen molar-refractivity contribution in [3.63, 3.8) is 0 Å². The summed E-state index contributed by atoms with van der Waals surface area (Å²) >= 11 is 5.67. The Hall–Kier alpha value is -2.15. The summed E-state index contributed by atoms with van der Waals surface area (Å²) in [5.41, 5.74) is -0.619. The van der Waals surface area contributed by atoms with Gasteiger partial charge in [0.15, 0.2) is 0 Å². The van der Waals surface area contributed by atoms with E-state index in [1.807, 2.05) is 0 Å². The number of nitrogens with one attached hydrogen (secondary N) is 1. The summed E-state index contributed by atoms with van der Waals surface area (Å²) in [7, 11) is 0. The number of nitrogens with zero attached hydrogens (tertiary/aromatic N) is 1. The minimum atomic E-state index is -4.61. The maximum atomic E-state index is 12.8. The lowest BCUT2D eigenvalue weighted by Gasteiger charge is -2.10. The van der Waals surface area contributed by atoms with Gasteiger partial charge in [0.2, 0.25) is 0 Å². The van der Waals surface area contributed by atoms with Gasteiger partial charge in [0, 0.05) is 12.7 Å². The fraction of sp³-hybridized carbons (Fsp3) is 0.200. The summed E-state index contributed by atoms with van der Waals surface area (Å²) in [5, 5.41) is 2.15. The summed E-state index contributed by atoms with van der Waals surface area (Å²) in [4.78, 5) is 15.3. The number of aromatic nitrogens is 1. The van der Waals surface area contributed by atoms with E-state index >= 15 is 0 Å². The number of hydrogen-bond acceptors (Lipinski definition) is 2. The number of alkyl halides is 3. The summed E-state index contributed by atoms with van der Waals surface area (Å²) < 4.78 is 50.6. The SMILES string of the molecule is O=C(NCCc1ccc(F)cc1)c1cc(C(F)(F)F)cnc1Cl. The summed E-state index contributed by atoms with van der Waals surface area (Å²) in [6.45, 7) is 0.164.